The van der Waals surface area contributed by atoms with Gasteiger partial charge >= 0.3 is 6.09 Å². The highest BCUT2D eigenvalue weighted by molar-refractivity contribution is 6.31. The van der Waals surface area contributed by atoms with Gasteiger partial charge in [0.15, 0.2) is 0 Å². The van der Waals surface area contributed by atoms with E-state index in [0.717, 1.165) is 34.3 Å². The van der Waals surface area contributed by atoms with Crippen molar-refractivity contribution in [3.8, 4) is 5.75 Å². The minimum absolute atomic E-state index is 0.196. The molecule has 4 rings (SSSR count). The van der Waals surface area contributed by atoms with E-state index >= 15 is 0 Å². The summed E-state index contributed by atoms with van der Waals surface area (Å²) in [5.74, 6) is 0.745. The Morgan fingerprint density at radius 2 is 1.88 bits per heavy atom. The quantitative estimate of drug-likeness (QED) is 0.412. The number of methoxy groups -OCH3 is 1. The van der Waals surface area contributed by atoms with Gasteiger partial charge < -0.3 is 23.9 Å². The number of amides is 1. The van der Waals surface area contributed by atoms with Crippen molar-refractivity contribution in [3.63, 3.8) is 0 Å². The first-order valence-corrected chi connectivity index (χ1v) is 11.9. The Kier molecular flexibility index (Phi) is 7.98. The van der Waals surface area contributed by atoms with Crippen LogP contribution >= 0.6 is 11.6 Å². The monoisotopic (exact) mass is 486 g/mol. The highest BCUT2D eigenvalue weighted by Crippen LogP contribution is 2.39. The van der Waals surface area contributed by atoms with Gasteiger partial charge in [-0.15, -0.1) is 0 Å². The van der Waals surface area contributed by atoms with Crippen LogP contribution in [0, 0.1) is 0 Å². The summed E-state index contributed by atoms with van der Waals surface area (Å²) in [6.07, 6.45) is 0.206. The first-order chi connectivity index (χ1) is 16.5. The standard InChI is InChI=1S/C26H31ClN2O5/c1-17(2)34-26(30)29-11-10-21-22-16-19(27)6-9-23(22)28-24(21)25(29)18-4-7-20(8-5-18)33-15-14-32-13-12-31-3/h4-9,16-17,25,28H,10-15H2,1-3H3. The maximum atomic E-state index is 13.0. The molecular formula is C26H31ClN2O5. The van der Waals surface area contributed by atoms with Crippen molar-refractivity contribution in [3.05, 3.63) is 64.3 Å². The minimum atomic E-state index is -0.323. The number of benzene rings is 2. The second kappa shape index (κ2) is 11.1. The summed E-state index contributed by atoms with van der Waals surface area (Å²) in [6, 6.07) is 13.4. The van der Waals surface area contributed by atoms with E-state index in [-0.39, 0.29) is 18.2 Å². The van der Waals surface area contributed by atoms with Crippen molar-refractivity contribution in [2.75, 3.05) is 40.1 Å². The molecule has 2 aromatic carbocycles. The molecular weight excluding hydrogens is 456 g/mol. The Morgan fingerprint density at radius 1 is 1.12 bits per heavy atom. The normalized spacial score (nSPS) is 15.6. The lowest BCUT2D eigenvalue weighted by atomic mass is 9.92. The zero-order chi connectivity index (χ0) is 24.1. The average molecular weight is 487 g/mol. The van der Waals surface area contributed by atoms with Crippen molar-refractivity contribution in [2.45, 2.75) is 32.4 Å². The van der Waals surface area contributed by atoms with Crippen molar-refractivity contribution < 1.29 is 23.7 Å². The molecule has 2 heterocycles. The lowest BCUT2D eigenvalue weighted by molar-refractivity contribution is 0.0544. The number of rotatable bonds is 9. The van der Waals surface area contributed by atoms with Crippen molar-refractivity contribution in [2.24, 2.45) is 0 Å². The lowest BCUT2D eigenvalue weighted by Crippen LogP contribution is -2.41. The molecule has 1 amide bonds. The molecule has 0 fully saturated rings. The summed E-state index contributed by atoms with van der Waals surface area (Å²) in [5, 5.41) is 1.79. The predicted octanol–water partition coefficient (Wildman–Crippen LogP) is 5.36. The average Bonchev–Trinajstić information content (AvgIpc) is 3.18. The Hall–Kier alpha value is -2.74. The third-order valence-corrected chi connectivity index (χ3v) is 6.02. The number of nitrogens with one attached hydrogen (secondary N) is 1. The lowest BCUT2D eigenvalue weighted by Gasteiger charge is -2.36. The minimum Gasteiger partial charge on any atom is -0.491 e. The van der Waals surface area contributed by atoms with Crippen LogP contribution in [0.3, 0.4) is 0 Å². The van der Waals surface area contributed by atoms with E-state index in [2.05, 4.69) is 4.98 Å². The zero-order valence-corrected chi connectivity index (χ0v) is 20.6. The largest absolute Gasteiger partial charge is 0.491 e. The van der Waals surface area contributed by atoms with Crippen LogP contribution in [0.1, 0.15) is 36.7 Å². The van der Waals surface area contributed by atoms with Gasteiger partial charge in [-0.25, -0.2) is 4.79 Å². The van der Waals surface area contributed by atoms with Crippen LogP contribution in [0.4, 0.5) is 4.79 Å². The second-order valence-electron chi connectivity index (χ2n) is 8.51. The highest BCUT2D eigenvalue weighted by Gasteiger charge is 2.35. The number of carbonyl (C=O) groups excluding carboxylic acids is 1. The number of nitrogens with zero attached hydrogens (tertiary/aromatic N) is 1. The van der Waals surface area contributed by atoms with E-state index in [9.17, 15) is 4.79 Å². The van der Waals surface area contributed by atoms with Gasteiger partial charge in [0.25, 0.3) is 0 Å². The van der Waals surface area contributed by atoms with Crippen molar-refractivity contribution in [1.82, 2.24) is 9.88 Å². The summed E-state index contributed by atoms with van der Waals surface area (Å²) in [7, 11) is 1.64. The number of ether oxygens (including phenoxy) is 4. The van der Waals surface area contributed by atoms with Crippen LogP contribution in [0.15, 0.2) is 42.5 Å². The number of H-pyrrole nitrogens is 1. The molecule has 1 N–H and O–H groups in total. The van der Waals surface area contributed by atoms with Crippen LogP contribution < -0.4 is 4.74 Å². The van der Waals surface area contributed by atoms with E-state index in [1.807, 2.05) is 56.3 Å². The van der Waals surface area contributed by atoms with Crippen LogP contribution in [-0.2, 0) is 20.6 Å². The molecule has 0 saturated heterocycles. The molecule has 182 valence electrons. The molecule has 34 heavy (non-hydrogen) atoms. The molecule has 0 radical (unpaired) electrons. The fourth-order valence-electron chi connectivity index (χ4n) is 4.28. The third kappa shape index (κ3) is 5.49. The van der Waals surface area contributed by atoms with E-state index in [0.29, 0.717) is 38.0 Å². The zero-order valence-electron chi connectivity index (χ0n) is 19.8. The molecule has 1 aromatic heterocycles. The van der Waals surface area contributed by atoms with Gasteiger partial charge in [0.1, 0.15) is 18.4 Å². The first kappa shape index (κ1) is 24.4. The fourth-order valence-corrected chi connectivity index (χ4v) is 4.45. The molecule has 8 heteroatoms. The highest BCUT2D eigenvalue weighted by atomic mass is 35.5. The van der Waals surface area contributed by atoms with Crippen LogP contribution in [0.25, 0.3) is 10.9 Å². The van der Waals surface area contributed by atoms with E-state index in [1.165, 1.54) is 5.56 Å². The van der Waals surface area contributed by atoms with Crippen LogP contribution in [0.2, 0.25) is 5.02 Å². The number of halogens is 1. The van der Waals surface area contributed by atoms with Gasteiger partial charge in [0.2, 0.25) is 0 Å². The van der Waals surface area contributed by atoms with Crippen LogP contribution in [0.5, 0.6) is 5.75 Å². The van der Waals surface area contributed by atoms with Gasteiger partial charge in [-0.2, -0.15) is 0 Å². The number of aromatic nitrogens is 1. The van der Waals surface area contributed by atoms with Gasteiger partial charge in [0, 0.05) is 35.3 Å². The molecule has 1 atom stereocenters. The third-order valence-electron chi connectivity index (χ3n) is 5.78. The number of carbonyl (C=O) groups is 1. The number of fused-ring (bicyclic) bond motifs is 3. The SMILES string of the molecule is COCCOCCOc1ccc(C2c3[nH]c4ccc(Cl)cc4c3CCN2C(=O)OC(C)C)cc1. The summed E-state index contributed by atoms with van der Waals surface area (Å²) in [5.41, 5.74) is 4.16. The molecule has 1 unspecified atom stereocenters. The second-order valence-corrected chi connectivity index (χ2v) is 8.94. The molecule has 1 aliphatic rings. The van der Waals surface area contributed by atoms with Gasteiger partial charge in [-0.3, -0.25) is 4.90 Å². The van der Waals surface area contributed by atoms with Crippen LogP contribution in [-0.4, -0.2) is 62.2 Å². The Morgan fingerprint density at radius 3 is 2.62 bits per heavy atom. The maximum absolute atomic E-state index is 13.0. The van der Waals surface area contributed by atoms with E-state index < -0.39 is 0 Å². The van der Waals surface area contributed by atoms with Gasteiger partial charge in [-0.05, 0) is 61.7 Å². The number of aromatic amines is 1. The van der Waals surface area contributed by atoms with E-state index in [1.54, 1.807) is 12.0 Å². The molecule has 0 saturated carbocycles. The maximum Gasteiger partial charge on any atom is 0.410 e. The summed E-state index contributed by atoms with van der Waals surface area (Å²) < 4.78 is 21.8. The van der Waals surface area contributed by atoms with Gasteiger partial charge in [0.05, 0.1) is 25.9 Å². The fraction of sp³-hybridized carbons (Fsp3) is 0.423. The van der Waals surface area contributed by atoms with E-state index in [4.69, 9.17) is 30.5 Å². The molecule has 7 nitrogen and oxygen atoms in total. The Balaban J connectivity index is 1.59. The Labute approximate surface area is 204 Å². The molecule has 0 bridgehead atoms. The topological polar surface area (TPSA) is 73.0 Å². The first-order valence-electron chi connectivity index (χ1n) is 11.5. The Bertz CT molecular complexity index is 1110. The molecule has 3 aromatic rings. The molecule has 1 aliphatic heterocycles. The summed E-state index contributed by atoms with van der Waals surface area (Å²) in [6.45, 7) is 6.32. The summed E-state index contributed by atoms with van der Waals surface area (Å²) in [4.78, 5) is 18.3. The van der Waals surface area contributed by atoms with Crippen molar-refractivity contribution >= 4 is 28.6 Å². The molecule has 0 spiro atoms. The predicted molar refractivity (Wildman–Crippen MR) is 132 cm³/mol. The number of hydrogen-bond donors (Lipinski definition) is 1. The molecule has 0 aliphatic carbocycles. The van der Waals surface area contributed by atoms with Crippen molar-refractivity contribution in [1.29, 1.82) is 0 Å². The number of hydrogen-bond acceptors (Lipinski definition) is 5. The van der Waals surface area contributed by atoms with Gasteiger partial charge in [-0.1, -0.05) is 23.7 Å². The summed E-state index contributed by atoms with van der Waals surface area (Å²) >= 11 is 6.27. The smallest absolute Gasteiger partial charge is 0.410 e.